The molecule has 0 aliphatic heterocycles. The Kier molecular flexibility index (Phi) is 7.29. The van der Waals surface area contributed by atoms with Crippen molar-refractivity contribution in [3.05, 3.63) is 0 Å². The molecule has 1 nitrogen and oxygen atoms in total. The molecule has 0 radical (unpaired) electrons. The van der Waals surface area contributed by atoms with E-state index in [2.05, 4.69) is 39.9 Å². The average molecular weight is 253 g/mol. The summed E-state index contributed by atoms with van der Waals surface area (Å²) in [5.74, 6) is 4.56. The average Bonchev–Trinajstić information content (AvgIpc) is 2.31. The summed E-state index contributed by atoms with van der Waals surface area (Å²) in [6.07, 6.45) is 7.17. The van der Waals surface area contributed by atoms with E-state index >= 15 is 0 Å². The van der Waals surface area contributed by atoms with E-state index in [4.69, 9.17) is 0 Å². The third-order valence-electron chi connectivity index (χ3n) is 4.76. The van der Waals surface area contributed by atoms with Gasteiger partial charge in [0.1, 0.15) is 0 Å². The predicted molar refractivity (Wildman–Crippen MR) is 81.8 cm³/mol. The predicted octanol–water partition coefficient (Wildman–Crippen LogP) is 4.72. The van der Waals surface area contributed by atoms with Gasteiger partial charge in [-0.15, -0.1) is 0 Å². The van der Waals surface area contributed by atoms with Gasteiger partial charge in [0.15, 0.2) is 0 Å². The molecule has 0 amide bonds. The normalized spacial score (nSPS) is 30.7. The van der Waals surface area contributed by atoms with Crippen LogP contribution in [0.1, 0.15) is 66.7 Å². The van der Waals surface area contributed by atoms with Crippen LogP contribution in [-0.4, -0.2) is 13.1 Å². The topological polar surface area (TPSA) is 12.0 Å². The summed E-state index contributed by atoms with van der Waals surface area (Å²) in [7, 11) is 0. The molecular formula is C17H35N. The van der Waals surface area contributed by atoms with Crippen LogP contribution in [0.4, 0.5) is 0 Å². The monoisotopic (exact) mass is 253 g/mol. The zero-order chi connectivity index (χ0) is 13.5. The second-order valence-electron chi connectivity index (χ2n) is 7.24. The van der Waals surface area contributed by atoms with Crippen molar-refractivity contribution in [1.29, 1.82) is 0 Å². The SMILES string of the molecule is CCC(C)CC1CC(C)CCC1CNCC(C)C. The van der Waals surface area contributed by atoms with E-state index in [-0.39, 0.29) is 0 Å². The van der Waals surface area contributed by atoms with Gasteiger partial charge in [0, 0.05) is 0 Å². The fourth-order valence-corrected chi connectivity index (χ4v) is 3.36. The van der Waals surface area contributed by atoms with Crippen LogP contribution in [-0.2, 0) is 0 Å². The van der Waals surface area contributed by atoms with Crippen LogP contribution in [0.3, 0.4) is 0 Å². The van der Waals surface area contributed by atoms with Crippen molar-refractivity contribution in [2.75, 3.05) is 13.1 Å². The van der Waals surface area contributed by atoms with Crippen LogP contribution < -0.4 is 5.32 Å². The summed E-state index contributed by atoms with van der Waals surface area (Å²) in [6, 6.07) is 0. The zero-order valence-corrected chi connectivity index (χ0v) is 13.3. The van der Waals surface area contributed by atoms with Crippen molar-refractivity contribution >= 4 is 0 Å². The molecule has 18 heavy (non-hydrogen) atoms. The molecule has 1 saturated carbocycles. The summed E-state index contributed by atoms with van der Waals surface area (Å²) in [6.45, 7) is 14.2. The fourth-order valence-electron chi connectivity index (χ4n) is 3.36. The molecule has 0 aromatic rings. The molecular weight excluding hydrogens is 218 g/mol. The van der Waals surface area contributed by atoms with Gasteiger partial charge >= 0.3 is 0 Å². The first-order valence-electron chi connectivity index (χ1n) is 8.23. The molecule has 0 aromatic carbocycles. The van der Waals surface area contributed by atoms with Gasteiger partial charge in [-0.05, 0) is 61.9 Å². The van der Waals surface area contributed by atoms with Gasteiger partial charge in [-0.25, -0.2) is 0 Å². The van der Waals surface area contributed by atoms with Crippen LogP contribution >= 0.6 is 0 Å². The second-order valence-corrected chi connectivity index (χ2v) is 7.24. The van der Waals surface area contributed by atoms with Gasteiger partial charge in [-0.2, -0.15) is 0 Å². The molecule has 0 heterocycles. The van der Waals surface area contributed by atoms with E-state index < -0.39 is 0 Å². The highest BCUT2D eigenvalue weighted by Gasteiger charge is 2.29. The van der Waals surface area contributed by atoms with Crippen molar-refractivity contribution in [3.63, 3.8) is 0 Å². The minimum Gasteiger partial charge on any atom is -0.316 e. The first kappa shape index (κ1) is 16.0. The maximum atomic E-state index is 3.69. The Bertz CT molecular complexity index is 212. The summed E-state index contributed by atoms with van der Waals surface area (Å²) < 4.78 is 0. The number of hydrogen-bond acceptors (Lipinski definition) is 1. The Morgan fingerprint density at radius 1 is 1.11 bits per heavy atom. The molecule has 1 heteroatoms. The third-order valence-corrected chi connectivity index (χ3v) is 4.76. The molecule has 1 aliphatic carbocycles. The third kappa shape index (κ3) is 5.73. The van der Waals surface area contributed by atoms with E-state index in [1.165, 1.54) is 45.2 Å². The maximum absolute atomic E-state index is 3.69. The second kappa shape index (κ2) is 8.19. The van der Waals surface area contributed by atoms with E-state index in [1.807, 2.05) is 0 Å². The van der Waals surface area contributed by atoms with Gasteiger partial charge in [0.25, 0.3) is 0 Å². The first-order valence-corrected chi connectivity index (χ1v) is 8.23. The van der Waals surface area contributed by atoms with Crippen molar-refractivity contribution in [1.82, 2.24) is 5.32 Å². The molecule has 1 N–H and O–H groups in total. The molecule has 108 valence electrons. The first-order chi connectivity index (χ1) is 8.52. The van der Waals surface area contributed by atoms with Gasteiger partial charge in [0.05, 0.1) is 0 Å². The Hall–Kier alpha value is -0.0400. The molecule has 4 atom stereocenters. The van der Waals surface area contributed by atoms with Crippen molar-refractivity contribution < 1.29 is 0 Å². The lowest BCUT2D eigenvalue weighted by atomic mass is 9.71. The Morgan fingerprint density at radius 3 is 2.44 bits per heavy atom. The smallest absolute Gasteiger partial charge is 0.00178 e. The minimum absolute atomic E-state index is 0.778. The highest BCUT2D eigenvalue weighted by Crippen LogP contribution is 2.37. The molecule has 1 fully saturated rings. The molecule has 0 saturated heterocycles. The van der Waals surface area contributed by atoms with E-state index in [0.717, 1.165) is 29.6 Å². The van der Waals surface area contributed by atoms with Crippen molar-refractivity contribution in [2.24, 2.45) is 29.6 Å². The molecule has 1 aliphatic rings. The zero-order valence-electron chi connectivity index (χ0n) is 13.3. The largest absolute Gasteiger partial charge is 0.316 e. The lowest BCUT2D eigenvalue weighted by Gasteiger charge is -2.36. The lowest BCUT2D eigenvalue weighted by Crippen LogP contribution is -2.34. The lowest BCUT2D eigenvalue weighted by molar-refractivity contribution is 0.156. The highest BCUT2D eigenvalue weighted by molar-refractivity contribution is 4.81. The Labute approximate surface area is 115 Å². The Morgan fingerprint density at radius 2 is 1.83 bits per heavy atom. The van der Waals surface area contributed by atoms with Crippen LogP contribution in [0.15, 0.2) is 0 Å². The highest BCUT2D eigenvalue weighted by atomic mass is 14.9. The molecule has 0 bridgehead atoms. The van der Waals surface area contributed by atoms with Crippen LogP contribution in [0.2, 0.25) is 0 Å². The van der Waals surface area contributed by atoms with Crippen molar-refractivity contribution in [2.45, 2.75) is 66.7 Å². The maximum Gasteiger partial charge on any atom is -0.00178 e. The molecule has 0 spiro atoms. The number of hydrogen-bond donors (Lipinski definition) is 1. The fraction of sp³-hybridized carbons (Fsp3) is 1.00. The molecule has 4 unspecified atom stereocenters. The van der Waals surface area contributed by atoms with E-state index in [0.29, 0.717) is 0 Å². The number of nitrogens with one attached hydrogen (secondary N) is 1. The van der Waals surface area contributed by atoms with Crippen LogP contribution in [0.25, 0.3) is 0 Å². The quantitative estimate of drug-likeness (QED) is 0.692. The Balaban J connectivity index is 2.40. The summed E-state index contributed by atoms with van der Waals surface area (Å²) >= 11 is 0. The summed E-state index contributed by atoms with van der Waals surface area (Å²) in [5, 5.41) is 3.69. The molecule has 1 rings (SSSR count). The minimum atomic E-state index is 0.778. The van der Waals surface area contributed by atoms with Gasteiger partial charge in [-0.3, -0.25) is 0 Å². The standard InChI is InChI=1S/C17H35N/c1-6-14(4)9-17-10-15(5)7-8-16(17)12-18-11-13(2)3/h13-18H,6-12H2,1-5H3. The van der Waals surface area contributed by atoms with Gasteiger partial charge in [-0.1, -0.05) is 47.5 Å². The van der Waals surface area contributed by atoms with Gasteiger partial charge < -0.3 is 5.32 Å². The van der Waals surface area contributed by atoms with Crippen LogP contribution in [0, 0.1) is 29.6 Å². The number of rotatable bonds is 7. The summed E-state index contributed by atoms with van der Waals surface area (Å²) in [5.41, 5.74) is 0. The van der Waals surface area contributed by atoms with E-state index in [1.54, 1.807) is 0 Å². The van der Waals surface area contributed by atoms with Crippen LogP contribution in [0.5, 0.6) is 0 Å². The molecule has 0 aromatic heterocycles. The van der Waals surface area contributed by atoms with Gasteiger partial charge in [0.2, 0.25) is 0 Å². The van der Waals surface area contributed by atoms with Crippen molar-refractivity contribution in [3.8, 4) is 0 Å². The van der Waals surface area contributed by atoms with E-state index in [9.17, 15) is 0 Å². The summed E-state index contributed by atoms with van der Waals surface area (Å²) in [4.78, 5) is 0.